The number of phenolic OH excluding ortho intramolecular Hbond substituents is 1. The van der Waals surface area contributed by atoms with Crippen LogP contribution in [0.1, 0.15) is 172 Å². The molecule has 3 saturated heterocycles. The number of thioether (sulfide) groups is 1. The Labute approximate surface area is 870 Å². The van der Waals surface area contributed by atoms with Crippen LogP contribution in [0.3, 0.4) is 0 Å². The number of nitrogens with two attached hydrogens (primary N) is 4. The van der Waals surface area contributed by atoms with Crippen LogP contribution >= 0.6 is 11.8 Å². The Balaban J connectivity index is 1.16. The van der Waals surface area contributed by atoms with Crippen molar-refractivity contribution in [2.75, 3.05) is 65.4 Å². The first kappa shape index (κ1) is 119. The molecule has 0 saturated carbocycles. The van der Waals surface area contributed by atoms with Crippen molar-refractivity contribution < 1.29 is 121 Å². The quantitative estimate of drug-likeness (QED) is 0.0150. The highest BCUT2D eigenvalue weighted by Crippen LogP contribution is 2.32. The number of amides is 16. The average molecular weight is 2110 g/mol. The Kier molecular flexibility index (Phi) is 45.1. The number of primary amides is 1. The van der Waals surface area contributed by atoms with Gasteiger partial charge in [0.15, 0.2) is 11.4 Å². The molecule has 6 aromatic rings. The lowest BCUT2D eigenvalue weighted by atomic mass is 9.90. The maximum Gasteiger partial charge on any atom is 0.323 e. The summed E-state index contributed by atoms with van der Waals surface area (Å²) in [7, 11) is 3.68. The van der Waals surface area contributed by atoms with E-state index >= 15 is 57.5 Å². The smallest absolute Gasteiger partial charge is 0.323 e. The second-order valence-electron chi connectivity index (χ2n) is 38.0. The van der Waals surface area contributed by atoms with Gasteiger partial charge in [-0.1, -0.05) is 88.1 Å². The van der Waals surface area contributed by atoms with Gasteiger partial charge in [0, 0.05) is 131 Å². The van der Waals surface area contributed by atoms with E-state index < -0.39 is 284 Å². The Morgan fingerprint density at radius 3 is 1.86 bits per heavy atom. The summed E-state index contributed by atoms with van der Waals surface area (Å²) in [6, 6.07) is -2.69. The van der Waals surface area contributed by atoms with E-state index in [1.807, 2.05) is 0 Å². The number of aromatic nitrogens is 4. The average Bonchev–Trinajstić information content (AvgIpc) is 1.61. The maximum absolute atomic E-state index is 16.2. The number of aliphatic hydroxyl groups excluding tert-OH is 1. The molecule has 0 bridgehead atoms. The lowest BCUT2D eigenvalue weighted by Gasteiger charge is -2.37. The molecule has 48 nitrogen and oxygen atoms in total. The van der Waals surface area contributed by atoms with Gasteiger partial charge in [0.05, 0.1) is 42.9 Å². The monoisotopic (exact) mass is 2110 g/mol. The van der Waals surface area contributed by atoms with Crippen molar-refractivity contribution in [3.05, 3.63) is 120 Å². The zero-order valence-electron chi connectivity index (χ0n) is 84.9. The number of likely N-dealkylation sites (N-methyl/N-ethyl adjacent to an activating group) is 3. The van der Waals surface area contributed by atoms with Crippen molar-refractivity contribution in [1.29, 1.82) is 0 Å². The van der Waals surface area contributed by atoms with Crippen molar-refractivity contribution in [2.24, 2.45) is 28.9 Å². The van der Waals surface area contributed by atoms with Gasteiger partial charge in [-0.25, -0.2) is 4.98 Å². The second-order valence-corrected chi connectivity index (χ2v) is 39.0. The molecule has 3 fully saturated rings. The molecule has 0 spiro atoms. The first-order chi connectivity index (χ1) is 71.4. The molecule has 25 N–H and O–H groups in total. The number of aliphatic hydroxyl groups is 1. The zero-order chi connectivity index (χ0) is 110. The van der Waals surface area contributed by atoms with Gasteiger partial charge in [-0.2, -0.15) is 0 Å². The number of rotatable bonds is 35. The van der Waals surface area contributed by atoms with E-state index in [4.69, 9.17) is 29.4 Å². The van der Waals surface area contributed by atoms with Crippen molar-refractivity contribution in [2.45, 2.75) is 272 Å². The minimum atomic E-state index is -2.44. The van der Waals surface area contributed by atoms with Gasteiger partial charge in [0.2, 0.25) is 88.6 Å². The normalized spacial score (nSPS) is 24.1. The molecule has 3 aliphatic rings. The van der Waals surface area contributed by atoms with Gasteiger partial charge >= 0.3 is 17.9 Å². The molecule has 6 heterocycles. The Hall–Kier alpha value is -14.9. The molecule has 9 rings (SSSR count). The summed E-state index contributed by atoms with van der Waals surface area (Å²) in [5.74, 6) is -22.6. The predicted molar refractivity (Wildman–Crippen MR) is 546 cm³/mol. The molecule has 814 valence electrons. The summed E-state index contributed by atoms with van der Waals surface area (Å²) in [6.07, 6.45) is 5.42. The lowest BCUT2D eigenvalue weighted by Crippen LogP contribution is -2.68. The molecule has 16 amide bonds. The van der Waals surface area contributed by atoms with Crippen LogP contribution in [0.5, 0.6) is 5.75 Å². The van der Waals surface area contributed by atoms with Gasteiger partial charge in [0.25, 0.3) is 5.91 Å². The molecule has 3 aliphatic heterocycles. The third-order valence-electron chi connectivity index (χ3n) is 27.0. The third-order valence-corrected chi connectivity index (χ3v) is 28.0. The van der Waals surface area contributed by atoms with Gasteiger partial charge in [-0.3, -0.25) is 95.9 Å². The van der Waals surface area contributed by atoms with Gasteiger partial charge < -0.3 is 141 Å². The van der Waals surface area contributed by atoms with Crippen molar-refractivity contribution in [1.82, 2.24) is 97.2 Å². The van der Waals surface area contributed by atoms with Gasteiger partial charge in [-0.05, 0) is 138 Å². The van der Waals surface area contributed by atoms with Gasteiger partial charge in [-0.15, -0.1) is 24.1 Å². The van der Waals surface area contributed by atoms with E-state index in [2.05, 4.69) is 74.0 Å². The maximum atomic E-state index is 16.2. The van der Waals surface area contributed by atoms with E-state index in [1.165, 1.54) is 68.6 Å². The number of phenols is 1. The number of fused-ring (bicyclic) bond motifs is 4. The number of carboxylic acids is 3. The van der Waals surface area contributed by atoms with Gasteiger partial charge in [0.1, 0.15) is 84.8 Å². The number of aromatic amines is 2. The minimum absolute atomic E-state index is 0.0272. The molecule has 0 aliphatic carbocycles. The molecule has 0 radical (unpaired) electrons. The minimum Gasteiger partial charge on any atom is -0.508 e. The van der Waals surface area contributed by atoms with Crippen LogP contribution in [-0.2, 0) is 128 Å². The number of hydrogen-bond acceptors (Lipinski definition) is 27. The number of ketones is 1. The number of nitrogens with one attached hydrogen (secondary N) is 12. The predicted octanol–water partition coefficient (Wildman–Crippen LogP) is -2.07. The van der Waals surface area contributed by atoms with E-state index in [-0.39, 0.29) is 134 Å². The summed E-state index contributed by atoms with van der Waals surface area (Å²) < 4.78 is 1.42. The van der Waals surface area contributed by atoms with Crippen LogP contribution in [-0.4, -0.2) is 343 Å². The number of Topliss-reactive ketones (excluding diaryl/α,β-unsaturated/α-hetero) is 1. The summed E-state index contributed by atoms with van der Waals surface area (Å²) in [5.41, 5.74) is 24.4. The molecular formula is C101H139N23O25S. The molecule has 0 unspecified atom stereocenters. The van der Waals surface area contributed by atoms with Crippen LogP contribution in [0.25, 0.3) is 21.8 Å². The number of aliphatic carboxylic acids is 3. The van der Waals surface area contributed by atoms with E-state index in [0.717, 1.165) is 31.5 Å². The number of aromatic hydroxyl groups is 1. The topological polar surface area (TPSA) is 733 Å². The number of imidazole rings is 1. The first-order valence-corrected chi connectivity index (χ1v) is 51.2. The van der Waals surface area contributed by atoms with Crippen LogP contribution in [0.15, 0.2) is 97.7 Å². The summed E-state index contributed by atoms with van der Waals surface area (Å²) in [4.78, 5) is 308. The third kappa shape index (κ3) is 33.0. The van der Waals surface area contributed by atoms with E-state index in [1.54, 1.807) is 68.6 Å². The second kappa shape index (κ2) is 57.0. The number of nitrogens with zero attached hydrogens (tertiary/aromatic N) is 7. The molecule has 3 aromatic carbocycles. The Bertz CT molecular complexity index is 5850. The van der Waals surface area contributed by atoms with E-state index in [0.29, 0.717) is 63.1 Å². The molecule has 16 atom stereocenters. The highest BCUT2D eigenvalue weighted by atomic mass is 32.2. The number of unbranched alkanes of at least 4 members (excludes halogenated alkanes) is 4. The standard InChI is InChI=1S/C101H139N23O25S/c1-8-11-28-78-94(143)113-70(35-36-84(130)131)92(141)117-76(90(139)108-50-82(128)110-68(22-10-3)87(104)136)54-150-55-83(129)111-73(41-58-31-33-63(125)34-32-58)95(144)119(5)57(4)88(137)115-75(47-85(132)133)98(147)124-40-21-37-101(124,105)100(149)118-72(45-62-49-106-56-109-62)93(142)114-71(27-18-20-39-103)97(146)123-52-64(126)46-80(123)81(127)44-59(42-60-48-107-67-25-15-13-23-65(60)67)89(138)112-69(26-17-19-38-102)91(140)116-74(96(145)121(7)79(29-12-9-2)99(148)120(78)6)43-61-51-122(53-86(134)135)77-30-16-14-24-66(61)77/h3,13-16,23-25,30-34,48-49,51,56-57,59,64,68-76,78-80,107,125-126H,8-9,11-12,17-22,26-29,35-47,50,52-55,102-103,105H2,1-2,4-7H3,(H2,104,136)(H,106,109)(H,108,139)(H,110,128)(H,111,129)(H,112,138)(H,113,143)(H,114,142)(H,115,137)(H,116,140)(H,117,141)(H,118,149)(H,130,131)(H,132,133)(H,134,135)/t57-,59+,64+,68-,69-,70-,71-,72-,73-,74-,75-,76-,78-,79-,80-,101-/m0/s1. The largest absolute Gasteiger partial charge is 0.508 e. The summed E-state index contributed by atoms with van der Waals surface area (Å²) in [5, 5.41) is 79.5. The Morgan fingerprint density at radius 2 is 1.21 bits per heavy atom. The number of benzene rings is 3. The number of carboxylic acid groups (broad SMARTS) is 3. The SMILES string of the molecule is C#CC[C@H](NC(=O)CNC(=O)[C@@H]1CSCC(=O)N[C@@H](Cc2ccc(O)cc2)C(=O)N(C)[C@@H](C)C(=O)N[C@@H](CC(=O)O)C(=O)N2CCC[C@@]2(N)C(=O)N[C@@H](Cc2c[nH]cn2)C(=O)N[C@@H](CCCCN)C(=O)N2C[C@H](O)C[C@H]2C(=O)C[C@@H](Cc2c[nH]c3ccccc23)C(=O)N[C@@H](CCCCN)C(=O)N[C@@H](Cc2cn(CC(=O)O)c3ccccc23)C(=O)N(C)[C@@H](CCCC)C(=O)N(C)[C@@H](CCCC)C(=O)N[C@@H](CCC(=O)O)C(=O)N1)C(N)=O. The molecule has 49 heteroatoms. The van der Waals surface area contributed by atoms with Crippen molar-refractivity contribution in [3.63, 3.8) is 0 Å². The number of para-hydroxylation sites is 2. The van der Waals surface area contributed by atoms with Crippen molar-refractivity contribution >= 4 is 152 Å². The molecule has 150 heavy (non-hydrogen) atoms. The lowest BCUT2D eigenvalue weighted by molar-refractivity contribution is -0.151. The zero-order valence-corrected chi connectivity index (χ0v) is 85.7. The fourth-order valence-electron chi connectivity index (χ4n) is 18.5. The van der Waals surface area contributed by atoms with Crippen LogP contribution in [0.2, 0.25) is 0 Å². The number of carbonyl (C=O) groups is 20. The number of hydrogen-bond donors (Lipinski definition) is 21. The Morgan fingerprint density at radius 1 is 0.607 bits per heavy atom. The van der Waals surface area contributed by atoms with Crippen LogP contribution < -0.4 is 76.1 Å². The highest BCUT2D eigenvalue weighted by molar-refractivity contribution is 8.00. The number of terminal acetylenes is 1. The summed E-state index contributed by atoms with van der Waals surface area (Å²) in [6.45, 7) is 2.64. The summed E-state index contributed by atoms with van der Waals surface area (Å²) >= 11 is 0.633. The van der Waals surface area contributed by atoms with Crippen LogP contribution in [0.4, 0.5) is 0 Å². The number of carbonyl (C=O) groups excluding carboxylic acids is 17. The highest BCUT2D eigenvalue weighted by Gasteiger charge is 2.52. The van der Waals surface area contributed by atoms with E-state index in [9.17, 15) is 63.9 Å². The van der Waals surface area contributed by atoms with Crippen LogP contribution in [0, 0.1) is 18.3 Å². The fourth-order valence-corrected chi connectivity index (χ4v) is 19.4. The van der Waals surface area contributed by atoms with Crippen molar-refractivity contribution in [3.8, 4) is 18.1 Å². The fraction of sp³-hybridized carbons (Fsp3) is 0.535. The first-order valence-electron chi connectivity index (χ1n) is 50.1. The molecule has 3 aromatic heterocycles. The number of H-pyrrole nitrogens is 2. The molecular weight excluding hydrogens is 1970 g/mol.